The maximum Gasteiger partial charge on any atom is 0.416 e. The van der Waals surface area contributed by atoms with Crippen LogP contribution in [0.5, 0.6) is 0 Å². The molecule has 2 aromatic carbocycles. The zero-order valence-electron chi connectivity index (χ0n) is 15.3. The quantitative estimate of drug-likeness (QED) is 0.716. The summed E-state index contributed by atoms with van der Waals surface area (Å²) in [5.74, 6) is -1.25. The van der Waals surface area contributed by atoms with Gasteiger partial charge in [-0.05, 0) is 62.2 Å². The highest BCUT2D eigenvalue weighted by Gasteiger charge is 2.35. The van der Waals surface area contributed by atoms with Gasteiger partial charge >= 0.3 is 12.1 Å². The third-order valence-corrected chi connectivity index (χ3v) is 5.60. The van der Waals surface area contributed by atoms with Crippen LogP contribution in [-0.4, -0.2) is 29.1 Å². The Morgan fingerprint density at radius 2 is 1.75 bits per heavy atom. The lowest BCUT2D eigenvalue weighted by Gasteiger charge is -2.37. The van der Waals surface area contributed by atoms with E-state index in [1.165, 1.54) is 6.07 Å². The molecule has 28 heavy (non-hydrogen) atoms. The Morgan fingerprint density at radius 3 is 2.29 bits per heavy atom. The van der Waals surface area contributed by atoms with Gasteiger partial charge in [-0.1, -0.05) is 41.4 Å². The zero-order chi connectivity index (χ0) is 20.5. The number of halogens is 4. The van der Waals surface area contributed by atoms with E-state index in [1.807, 2.05) is 36.1 Å². The van der Waals surface area contributed by atoms with Gasteiger partial charge in [-0.15, -0.1) is 0 Å². The van der Waals surface area contributed by atoms with Gasteiger partial charge in [0.25, 0.3) is 0 Å². The molecule has 1 unspecified atom stereocenters. The molecular formula is C21H21ClF3NO2. The molecule has 0 bridgehead atoms. The molecule has 1 aliphatic rings. The Balaban J connectivity index is 2.03. The maximum absolute atomic E-state index is 13.3. The van der Waals surface area contributed by atoms with Crippen molar-refractivity contribution in [1.82, 2.24) is 4.90 Å². The van der Waals surface area contributed by atoms with Crippen molar-refractivity contribution >= 4 is 17.6 Å². The van der Waals surface area contributed by atoms with Crippen LogP contribution in [0.3, 0.4) is 0 Å². The lowest BCUT2D eigenvalue weighted by atomic mass is 9.90. The molecular weight excluding hydrogens is 391 g/mol. The highest BCUT2D eigenvalue weighted by Crippen LogP contribution is 2.39. The van der Waals surface area contributed by atoms with Crippen LogP contribution in [0.25, 0.3) is 0 Å². The number of piperidine rings is 1. The van der Waals surface area contributed by atoms with Gasteiger partial charge in [0.2, 0.25) is 0 Å². The summed E-state index contributed by atoms with van der Waals surface area (Å²) in [6.45, 7) is 2.89. The lowest BCUT2D eigenvalue weighted by molar-refractivity contribution is -0.143. The molecule has 0 aliphatic carbocycles. The number of hydrogen-bond acceptors (Lipinski definition) is 2. The third-order valence-electron chi connectivity index (χ3n) is 5.25. The van der Waals surface area contributed by atoms with Gasteiger partial charge < -0.3 is 5.11 Å². The standard InChI is InChI=1S/C21H21ClF3NO2/c1-13-2-4-14(5-3-13)19(26-10-8-15(9-11-26)20(27)28)17-12-16(21(23,24)25)6-7-18(17)22/h2-7,12,15,19H,8-11H2,1H3,(H,27,28). The predicted molar refractivity (Wildman–Crippen MR) is 101 cm³/mol. The van der Waals surface area contributed by atoms with Gasteiger partial charge in [-0.3, -0.25) is 9.69 Å². The number of carboxylic acid groups (broad SMARTS) is 1. The average molecular weight is 412 g/mol. The van der Waals surface area contributed by atoms with Gasteiger partial charge in [-0.25, -0.2) is 0 Å². The Bertz CT molecular complexity index is 844. The normalized spacial score (nSPS) is 17.5. The summed E-state index contributed by atoms with van der Waals surface area (Å²) in [4.78, 5) is 13.3. The molecule has 1 heterocycles. The summed E-state index contributed by atoms with van der Waals surface area (Å²) in [5, 5.41) is 9.50. The second-order valence-electron chi connectivity index (χ2n) is 7.20. The highest BCUT2D eigenvalue weighted by molar-refractivity contribution is 6.31. The molecule has 0 amide bonds. The Morgan fingerprint density at radius 1 is 1.14 bits per heavy atom. The van der Waals surface area contributed by atoms with E-state index >= 15 is 0 Å². The van der Waals surface area contributed by atoms with E-state index in [-0.39, 0.29) is 5.02 Å². The Hall–Kier alpha value is -2.05. The first-order valence-electron chi connectivity index (χ1n) is 9.07. The van der Waals surface area contributed by atoms with E-state index in [0.717, 1.165) is 23.3 Å². The second-order valence-corrected chi connectivity index (χ2v) is 7.60. The van der Waals surface area contributed by atoms with Crippen LogP contribution in [0.15, 0.2) is 42.5 Å². The van der Waals surface area contributed by atoms with Crippen molar-refractivity contribution in [3.8, 4) is 0 Å². The summed E-state index contributed by atoms with van der Waals surface area (Å²) >= 11 is 6.33. The topological polar surface area (TPSA) is 40.5 Å². The van der Waals surface area contributed by atoms with Crippen LogP contribution < -0.4 is 0 Å². The van der Waals surface area contributed by atoms with Crippen LogP contribution >= 0.6 is 11.6 Å². The number of aliphatic carboxylic acids is 1. The van der Waals surface area contributed by atoms with E-state index in [2.05, 4.69) is 0 Å². The fraction of sp³-hybridized carbons (Fsp3) is 0.381. The van der Waals surface area contributed by atoms with E-state index in [0.29, 0.717) is 31.5 Å². The van der Waals surface area contributed by atoms with E-state index in [4.69, 9.17) is 11.6 Å². The molecule has 3 nitrogen and oxygen atoms in total. The summed E-state index contributed by atoms with van der Waals surface area (Å²) in [7, 11) is 0. The van der Waals surface area contributed by atoms with Crippen molar-refractivity contribution in [2.75, 3.05) is 13.1 Å². The highest BCUT2D eigenvalue weighted by atomic mass is 35.5. The molecule has 2 aromatic rings. The van der Waals surface area contributed by atoms with E-state index in [9.17, 15) is 23.1 Å². The van der Waals surface area contributed by atoms with Crippen molar-refractivity contribution in [3.63, 3.8) is 0 Å². The number of nitrogens with zero attached hydrogens (tertiary/aromatic N) is 1. The Kier molecular flexibility index (Phi) is 6.01. The number of hydrogen-bond donors (Lipinski definition) is 1. The molecule has 0 aromatic heterocycles. The lowest BCUT2D eigenvalue weighted by Crippen LogP contribution is -2.39. The number of benzene rings is 2. The molecule has 1 saturated heterocycles. The van der Waals surface area contributed by atoms with Gasteiger partial charge in [0, 0.05) is 5.02 Å². The minimum Gasteiger partial charge on any atom is -0.481 e. The van der Waals surface area contributed by atoms with Crippen LogP contribution in [0.4, 0.5) is 13.2 Å². The minimum absolute atomic E-state index is 0.263. The minimum atomic E-state index is -4.46. The third kappa shape index (κ3) is 4.50. The molecule has 1 aliphatic heterocycles. The molecule has 0 radical (unpaired) electrons. The second kappa shape index (κ2) is 8.13. The van der Waals surface area contributed by atoms with Gasteiger partial charge in [-0.2, -0.15) is 13.2 Å². The monoisotopic (exact) mass is 411 g/mol. The Labute approximate surface area is 166 Å². The summed E-state index contributed by atoms with van der Waals surface area (Å²) < 4.78 is 39.8. The maximum atomic E-state index is 13.3. The molecule has 1 atom stereocenters. The van der Waals surface area contributed by atoms with Crippen LogP contribution in [0, 0.1) is 12.8 Å². The summed E-state index contributed by atoms with van der Waals surface area (Å²) in [6, 6.07) is 10.5. The molecule has 3 rings (SSSR count). The van der Waals surface area contributed by atoms with Crippen LogP contribution in [0.2, 0.25) is 5.02 Å². The zero-order valence-corrected chi connectivity index (χ0v) is 16.1. The van der Waals surface area contributed by atoms with Gasteiger partial charge in [0.1, 0.15) is 0 Å². The SMILES string of the molecule is Cc1ccc(C(c2cc(C(F)(F)F)ccc2Cl)N2CCC(C(=O)O)CC2)cc1. The molecule has 1 N–H and O–H groups in total. The number of aryl methyl sites for hydroxylation is 1. The number of carboxylic acids is 1. The first-order valence-corrected chi connectivity index (χ1v) is 9.44. The average Bonchev–Trinajstić information content (AvgIpc) is 2.64. The molecule has 1 fully saturated rings. The largest absolute Gasteiger partial charge is 0.481 e. The summed E-state index contributed by atoms with van der Waals surface area (Å²) in [5.41, 5.74) is 1.52. The number of rotatable bonds is 4. The first-order chi connectivity index (χ1) is 13.2. The fourth-order valence-electron chi connectivity index (χ4n) is 3.67. The van der Waals surface area contributed by atoms with Gasteiger partial charge in [0.15, 0.2) is 0 Å². The smallest absolute Gasteiger partial charge is 0.416 e. The van der Waals surface area contributed by atoms with E-state index < -0.39 is 29.7 Å². The van der Waals surface area contributed by atoms with Crippen molar-refractivity contribution in [3.05, 3.63) is 69.7 Å². The molecule has 0 spiro atoms. The van der Waals surface area contributed by atoms with E-state index in [1.54, 1.807) is 0 Å². The van der Waals surface area contributed by atoms with Crippen LogP contribution in [-0.2, 0) is 11.0 Å². The molecule has 7 heteroatoms. The number of likely N-dealkylation sites (tertiary alicyclic amines) is 1. The van der Waals surface area contributed by atoms with Crippen molar-refractivity contribution < 1.29 is 23.1 Å². The van der Waals surface area contributed by atoms with Gasteiger partial charge in [0.05, 0.1) is 17.5 Å². The summed E-state index contributed by atoms with van der Waals surface area (Å²) in [6.07, 6.45) is -3.56. The number of alkyl halides is 3. The first kappa shape index (κ1) is 20.7. The molecule has 0 saturated carbocycles. The molecule has 150 valence electrons. The fourth-order valence-corrected chi connectivity index (χ4v) is 3.89. The predicted octanol–water partition coefficient (Wildman–Crippen LogP) is 5.55. The van der Waals surface area contributed by atoms with Crippen molar-refractivity contribution in [2.24, 2.45) is 5.92 Å². The number of carbonyl (C=O) groups is 1. The van der Waals surface area contributed by atoms with Crippen LogP contribution in [0.1, 0.15) is 41.1 Å². The van der Waals surface area contributed by atoms with Crippen molar-refractivity contribution in [1.29, 1.82) is 0 Å². The van der Waals surface area contributed by atoms with Crippen molar-refractivity contribution in [2.45, 2.75) is 32.0 Å².